The van der Waals surface area contributed by atoms with E-state index in [-0.39, 0.29) is 16.4 Å². The number of amides is 1. The summed E-state index contributed by atoms with van der Waals surface area (Å²) in [4.78, 5) is 35.6. The lowest BCUT2D eigenvalue weighted by Crippen LogP contribution is -2.33. The van der Waals surface area contributed by atoms with Crippen molar-refractivity contribution in [2.75, 3.05) is 11.9 Å². The number of carbonyl (C=O) groups excluding carboxylic acids is 1. The molecule has 2 aromatic carbocycles. The van der Waals surface area contributed by atoms with E-state index in [0.29, 0.717) is 18.1 Å². The summed E-state index contributed by atoms with van der Waals surface area (Å²) in [6.45, 7) is 3.90. The number of hydrogen-bond donors (Lipinski definition) is 1. The van der Waals surface area contributed by atoms with Crippen LogP contribution in [0, 0.1) is 10.1 Å². The third kappa shape index (κ3) is 5.07. The lowest BCUT2D eigenvalue weighted by molar-refractivity contribution is -0.383. The highest BCUT2D eigenvalue weighted by Crippen LogP contribution is 2.28. The first-order valence-corrected chi connectivity index (χ1v) is 9.76. The highest BCUT2D eigenvalue weighted by molar-refractivity contribution is 6.31. The number of hydrogen-bond acceptors (Lipinski definition) is 6. The highest BCUT2D eigenvalue weighted by atomic mass is 35.5. The largest absolute Gasteiger partial charge is 0.494 e. The third-order valence-electron chi connectivity index (χ3n) is 4.45. The Bertz CT molecular complexity index is 1180. The zero-order valence-corrected chi connectivity index (χ0v) is 17.5. The number of halogens is 1. The van der Waals surface area contributed by atoms with E-state index in [0.717, 1.165) is 10.2 Å². The molecule has 1 heterocycles. The second-order valence-corrected chi connectivity index (χ2v) is 6.98. The van der Waals surface area contributed by atoms with Gasteiger partial charge in [0.15, 0.2) is 0 Å². The molecule has 10 heteroatoms. The average Bonchev–Trinajstić information content (AvgIpc) is 2.74. The number of ether oxygens (including phenoxy) is 1. The summed E-state index contributed by atoms with van der Waals surface area (Å²) >= 11 is 5.90. The van der Waals surface area contributed by atoms with Crippen LogP contribution in [-0.2, 0) is 4.79 Å². The maximum absolute atomic E-state index is 12.7. The van der Waals surface area contributed by atoms with Crippen molar-refractivity contribution < 1.29 is 14.5 Å². The van der Waals surface area contributed by atoms with Crippen LogP contribution in [-0.4, -0.2) is 27.2 Å². The second kappa shape index (κ2) is 9.40. The summed E-state index contributed by atoms with van der Waals surface area (Å²) in [7, 11) is 0. The molecule has 0 radical (unpaired) electrons. The molecule has 0 bridgehead atoms. The molecule has 0 saturated carbocycles. The molecule has 0 fully saturated rings. The van der Waals surface area contributed by atoms with Gasteiger partial charge in [0, 0.05) is 22.7 Å². The molecule has 9 nitrogen and oxygen atoms in total. The van der Waals surface area contributed by atoms with E-state index in [2.05, 4.69) is 10.4 Å². The second-order valence-electron chi connectivity index (χ2n) is 6.54. The number of benzene rings is 2. The van der Waals surface area contributed by atoms with Crippen LogP contribution in [0.3, 0.4) is 0 Å². The van der Waals surface area contributed by atoms with Gasteiger partial charge in [-0.05, 0) is 56.3 Å². The van der Waals surface area contributed by atoms with Gasteiger partial charge in [-0.2, -0.15) is 5.10 Å². The highest BCUT2D eigenvalue weighted by Gasteiger charge is 2.22. The monoisotopic (exact) mass is 442 g/mol. The SMILES string of the molecule is CCOc1ccc(-c2ccc(=O)n(C(C)C(=O)Nc3cc(Cl)ccc3[N+](=O)[O-])n2)cc1. The van der Waals surface area contributed by atoms with E-state index < -0.39 is 22.4 Å². The van der Waals surface area contributed by atoms with Gasteiger partial charge in [-0.25, -0.2) is 4.68 Å². The molecule has 160 valence electrons. The number of nitro benzene ring substituents is 1. The van der Waals surface area contributed by atoms with E-state index in [4.69, 9.17) is 16.3 Å². The normalized spacial score (nSPS) is 11.6. The van der Waals surface area contributed by atoms with Crippen LogP contribution in [0.25, 0.3) is 11.3 Å². The summed E-state index contributed by atoms with van der Waals surface area (Å²) in [5.41, 5.74) is 0.350. The number of nitro groups is 1. The Morgan fingerprint density at radius 2 is 1.94 bits per heavy atom. The molecule has 3 rings (SSSR count). The zero-order valence-electron chi connectivity index (χ0n) is 16.7. The van der Waals surface area contributed by atoms with Gasteiger partial charge in [-0.3, -0.25) is 19.7 Å². The lowest BCUT2D eigenvalue weighted by atomic mass is 10.1. The Hall–Kier alpha value is -3.72. The lowest BCUT2D eigenvalue weighted by Gasteiger charge is -2.15. The molecule has 1 unspecified atom stereocenters. The van der Waals surface area contributed by atoms with Gasteiger partial charge in [-0.15, -0.1) is 0 Å². The van der Waals surface area contributed by atoms with Gasteiger partial charge < -0.3 is 10.1 Å². The molecule has 0 saturated heterocycles. The van der Waals surface area contributed by atoms with Crippen molar-refractivity contribution in [3.63, 3.8) is 0 Å². The summed E-state index contributed by atoms with van der Waals surface area (Å²) in [6.07, 6.45) is 0. The topological polar surface area (TPSA) is 116 Å². The maximum atomic E-state index is 12.7. The molecular weight excluding hydrogens is 424 g/mol. The van der Waals surface area contributed by atoms with Crippen molar-refractivity contribution in [1.82, 2.24) is 9.78 Å². The maximum Gasteiger partial charge on any atom is 0.292 e. The molecule has 0 aliphatic heterocycles. The van der Waals surface area contributed by atoms with Crippen molar-refractivity contribution in [3.8, 4) is 17.0 Å². The predicted molar refractivity (Wildman–Crippen MR) is 117 cm³/mol. The fourth-order valence-corrected chi connectivity index (χ4v) is 3.03. The molecule has 1 N–H and O–H groups in total. The van der Waals surface area contributed by atoms with E-state index in [1.807, 2.05) is 6.92 Å². The van der Waals surface area contributed by atoms with Crippen LogP contribution >= 0.6 is 11.6 Å². The minimum absolute atomic E-state index is 0.0648. The van der Waals surface area contributed by atoms with Crippen LogP contribution in [0.1, 0.15) is 19.9 Å². The van der Waals surface area contributed by atoms with Crippen LogP contribution in [0.4, 0.5) is 11.4 Å². The Morgan fingerprint density at radius 3 is 2.58 bits per heavy atom. The molecule has 31 heavy (non-hydrogen) atoms. The molecule has 0 aliphatic carbocycles. The molecule has 0 spiro atoms. The first-order valence-electron chi connectivity index (χ1n) is 9.38. The minimum Gasteiger partial charge on any atom is -0.494 e. The Labute approximate surface area is 182 Å². The fourth-order valence-electron chi connectivity index (χ4n) is 2.86. The van der Waals surface area contributed by atoms with Crippen LogP contribution in [0.5, 0.6) is 5.75 Å². The zero-order chi connectivity index (χ0) is 22.5. The van der Waals surface area contributed by atoms with Gasteiger partial charge in [0.1, 0.15) is 17.5 Å². The van der Waals surface area contributed by atoms with Crippen LogP contribution < -0.4 is 15.6 Å². The molecule has 1 amide bonds. The third-order valence-corrected chi connectivity index (χ3v) is 4.68. The van der Waals surface area contributed by atoms with Crippen molar-refractivity contribution in [3.05, 3.63) is 80.1 Å². The minimum atomic E-state index is -1.03. The van der Waals surface area contributed by atoms with Gasteiger partial charge in [0.05, 0.1) is 17.2 Å². The van der Waals surface area contributed by atoms with E-state index in [1.54, 1.807) is 30.3 Å². The standard InChI is InChI=1S/C21H19ClN4O5/c1-3-31-16-7-4-14(5-8-16)17-9-11-20(27)25(24-17)13(2)21(28)23-18-12-15(22)6-10-19(18)26(29)30/h4-13H,3H2,1-2H3,(H,23,28). The van der Waals surface area contributed by atoms with Crippen molar-refractivity contribution in [1.29, 1.82) is 0 Å². The van der Waals surface area contributed by atoms with Gasteiger partial charge in [-0.1, -0.05) is 11.6 Å². The predicted octanol–water partition coefficient (Wildman–Crippen LogP) is 4.07. The number of nitrogens with zero attached hydrogens (tertiary/aromatic N) is 3. The summed E-state index contributed by atoms with van der Waals surface area (Å²) in [5.74, 6) is 0.0549. The van der Waals surface area contributed by atoms with Crippen LogP contribution in [0.2, 0.25) is 5.02 Å². The van der Waals surface area contributed by atoms with Crippen molar-refractivity contribution in [2.24, 2.45) is 0 Å². The number of rotatable bonds is 7. The average molecular weight is 443 g/mol. The van der Waals surface area contributed by atoms with Gasteiger partial charge >= 0.3 is 0 Å². The fraction of sp³-hybridized carbons (Fsp3) is 0.190. The van der Waals surface area contributed by atoms with Gasteiger partial charge in [0.2, 0.25) is 5.91 Å². The van der Waals surface area contributed by atoms with E-state index >= 15 is 0 Å². The van der Waals surface area contributed by atoms with E-state index in [9.17, 15) is 19.7 Å². The quantitative estimate of drug-likeness (QED) is 0.435. The summed E-state index contributed by atoms with van der Waals surface area (Å²) < 4.78 is 6.44. The molecule has 0 aliphatic rings. The summed E-state index contributed by atoms with van der Waals surface area (Å²) in [5, 5.41) is 18.2. The number of nitrogens with one attached hydrogen (secondary N) is 1. The molecule has 3 aromatic rings. The van der Waals surface area contributed by atoms with Crippen LogP contribution in [0.15, 0.2) is 59.4 Å². The smallest absolute Gasteiger partial charge is 0.292 e. The van der Waals surface area contributed by atoms with Gasteiger partial charge in [0.25, 0.3) is 11.2 Å². The summed E-state index contributed by atoms with van der Waals surface area (Å²) in [6, 6.07) is 12.8. The Kier molecular flexibility index (Phi) is 6.66. The number of carbonyl (C=O) groups is 1. The molecule has 1 aromatic heterocycles. The van der Waals surface area contributed by atoms with E-state index in [1.165, 1.54) is 31.2 Å². The van der Waals surface area contributed by atoms with Crippen molar-refractivity contribution in [2.45, 2.75) is 19.9 Å². The molecular formula is C21H19ClN4O5. The number of aromatic nitrogens is 2. The Morgan fingerprint density at radius 1 is 1.23 bits per heavy atom. The first-order chi connectivity index (χ1) is 14.8. The number of anilines is 1. The molecule has 1 atom stereocenters. The Balaban J connectivity index is 1.88. The van der Waals surface area contributed by atoms with Crippen molar-refractivity contribution >= 4 is 28.9 Å². The first kappa shape index (κ1) is 22.0.